The van der Waals surface area contributed by atoms with Crippen molar-refractivity contribution in [2.75, 3.05) is 0 Å². The molecule has 0 saturated carbocycles. The Morgan fingerprint density at radius 3 is 2.81 bits per heavy atom. The van der Waals surface area contributed by atoms with Crippen LogP contribution in [-0.4, -0.2) is 17.2 Å². The van der Waals surface area contributed by atoms with E-state index in [0.29, 0.717) is 12.0 Å². The molecular weight excluding hydrogens is 212 g/mol. The van der Waals surface area contributed by atoms with E-state index in [4.69, 9.17) is 6.92 Å². The molecule has 0 aliphatic heterocycles. The van der Waals surface area contributed by atoms with Crippen molar-refractivity contribution in [3.8, 4) is 0 Å². The van der Waals surface area contributed by atoms with E-state index in [1.54, 1.807) is 18.2 Å². The van der Waals surface area contributed by atoms with Gasteiger partial charge in [0.25, 0.3) is 5.92 Å². The van der Waals surface area contributed by atoms with Gasteiger partial charge >= 0.3 is 0 Å². The first kappa shape index (κ1) is 12.7. The summed E-state index contributed by atoms with van der Waals surface area (Å²) in [5.41, 5.74) is 0.340. The lowest BCUT2D eigenvalue weighted by molar-refractivity contribution is -0.110. The molecule has 0 aliphatic rings. The molecule has 1 aromatic rings. The lowest BCUT2D eigenvalue weighted by Crippen LogP contribution is -2.21. The van der Waals surface area contributed by atoms with Gasteiger partial charge in [-0.05, 0) is 25.5 Å². The van der Waals surface area contributed by atoms with Crippen LogP contribution < -0.4 is 0 Å². The van der Waals surface area contributed by atoms with Crippen LogP contribution in [0.3, 0.4) is 0 Å². The molecule has 2 nitrogen and oxygen atoms in total. The SMILES string of the molecule is [CH][C@H](C=O)CCC(F)(F)Cc1ccccn1. The number of carbonyl (C=O) groups excluding carboxylic acids is 1. The molecule has 4 heteroatoms. The van der Waals surface area contributed by atoms with Crippen LogP contribution >= 0.6 is 0 Å². The second kappa shape index (κ2) is 5.68. The number of hydrogen-bond donors (Lipinski definition) is 0. The Hall–Kier alpha value is -1.32. The van der Waals surface area contributed by atoms with Gasteiger partial charge in [0.15, 0.2) is 0 Å². The lowest BCUT2D eigenvalue weighted by atomic mass is 10.0. The predicted octanol–water partition coefficient (Wildman–Crippen LogP) is 2.57. The van der Waals surface area contributed by atoms with E-state index in [2.05, 4.69) is 4.98 Å². The molecule has 0 unspecified atom stereocenters. The van der Waals surface area contributed by atoms with E-state index in [-0.39, 0.29) is 6.42 Å². The Bertz CT molecular complexity index is 327. The number of aromatic nitrogens is 1. The average Bonchev–Trinajstić information content (AvgIpc) is 2.27. The zero-order chi connectivity index (χ0) is 12.0. The van der Waals surface area contributed by atoms with Crippen molar-refractivity contribution in [1.82, 2.24) is 4.98 Å². The van der Waals surface area contributed by atoms with Crippen LogP contribution in [-0.2, 0) is 11.2 Å². The number of alkyl halides is 2. The first-order valence-corrected chi connectivity index (χ1v) is 5.02. The molecule has 0 spiro atoms. The third-order valence-corrected chi connectivity index (χ3v) is 2.18. The fraction of sp³-hybridized carbons (Fsp3) is 0.417. The third-order valence-electron chi connectivity index (χ3n) is 2.18. The van der Waals surface area contributed by atoms with Crippen molar-refractivity contribution in [2.45, 2.75) is 25.2 Å². The van der Waals surface area contributed by atoms with Gasteiger partial charge in [0.2, 0.25) is 0 Å². The Labute approximate surface area is 93.7 Å². The Kier molecular flexibility index (Phi) is 4.52. The van der Waals surface area contributed by atoms with Gasteiger partial charge in [-0.2, -0.15) is 0 Å². The fourth-order valence-electron chi connectivity index (χ4n) is 1.30. The number of aldehydes is 1. The highest BCUT2D eigenvalue weighted by Gasteiger charge is 2.29. The largest absolute Gasteiger partial charge is 0.303 e. The Morgan fingerprint density at radius 2 is 2.25 bits per heavy atom. The molecule has 0 N–H and O–H groups in total. The Balaban J connectivity index is 2.48. The summed E-state index contributed by atoms with van der Waals surface area (Å²) in [5, 5.41) is 0. The number of carbonyl (C=O) groups is 1. The molecular formula is C12H13F2NO. The van der Waals surface area contributed by atoms with Crippen molar-refractivity contribution in [3.63, 3.8) is 0 Å². The van der Waals surface area contributed by atoms with Gasteiger partial charge in [-0.15, -0.1) is 0 Å². The molecule has 1 rings (SSSR count). The van der Waals surface area contributed by atoms with Gasteiger partial charge in [0.05, 0.1) is 6.42 Å². The van der Waals surface area contributed by atoms with Crippen LogP contribution in [0.25, 0.3) is 0 Å². The van der Waals surface area contributed by atoms with Crippen molar-refractivity contribution in [3.05, 3.63) is 37.0 Å². The van der Waals surface area contributed by atoms with Gasteiger partial charge in [-0.1, -0.05) is 6.07 Å². The maximum atomic E-state index is 13.4. The highest BCUT2D eigenvalue weighted by atomic mass is 19.3. The minimum absolute atomic E-state index is 0.0106. The molecule has 16 heavy (non-hydrogen) atoms. The summed E-state index contributed by atoms with van der Waals surface area (Å²) in [6.07, 6.45) is 1.13. The molecule has 0 bridgehead atoms. The van der Waals surface area contributed by atoms with E-state index in [1.807, 2.05) is 0 Å². The molecule has 86 valence electrons. The van der Waals surface area contributed by atoms with Gasteiger partial charge < -0.3 is 4.79 Å². The summed E-state index contributed by atoms with van der Waals surface area (Å²) >= 11 is 0. The highest BCUT2D eigenvalue weighted by molar-refractivity contribution is 5.54. The third kappa shape index (κ3) is 4.47. The molecule has 0 saturated heterocycles. The van der Waals surface area contributed by atoms with Crippen molar-refractivity contribution >= 4 is 6.29 Å². The monoisotopic (exact) mass is 225 g/mol. The maximum absolute atomic E-state index is 13.4. The summed E-state index contributed by atoms with van der Waals surface area (Å²) in [7, 11) is 0. The molecule has 0 amide bonds. The molecule has 1 aromatic heterocycles. The van der Waals surface area contributed by atoms with E-state index < -0.39 is 24.7 Å². The molecule has 0 fully saturated rings. The number of nitrogens with zero attached hydrogens (tertiary/aromatic N) is 1. The zero-order valence-corrected chi connectivity index (χ0v) is 8.77. The number of rotatable bonds is 6. The van der Waals surface area contributed by atoms with Crippen LogP contribution in [0.2, 0.25) is 0 Å². The van der Waals surface area contributed by atoms with Gasteiger partial charge in [0.1, 0.15) is 6.29 Å². The minimum atomic E-state index is -2.87. The number of hydrogen-bond acceptors (Lipinski definition) is 2. The summed E-state index contributed by atoms with van der Waals surface area (Å²) < 4.78 is 26.8. The van der Waals surface area contributed by atoms with Crippen molar-refractivity contribution < 1.29 is 13.6 Å². The molecule has 0 aliphatic carbocycles. The smallest absolute Gasteiger partial charge is 0.253 e. The topological polar surface area (TPSA) is 30.0 Å². The highest BCUT2D eigenvalue weighted by Crippen LogP contribution is 2.26. The quantitative estimate of drug-likeness (QED) is 0.696. The summed E-state index contributed by atoms with van der Waals surface area (Å²) in [5.74, 6) is -3.68. The zero-order valence-electron chi connectivity index (χ0n) is 8.77. The van der Waals surface area contributed by atoms with E-state index in [1.165, 1.54) is 6.20 Å². The summed E-state index contributed by atoms with van der Waals surface area (Å²) in [6, 6.07) is 4.88. The standard InChI is InChI=1S/C12H13F2NO/c1-10(9-16)5-6-12(13,14)8-11-4-2-3-7-15-11/h1-4,7,9-10H,5-6,8H2/t10-/m0/s1. The molecule has 0 aromatic carbocycles. The van der Waals surface area contributed by atoms with E-state index in [0.717, 1.165) is 0 Å². The Morgan fingerprint density at radius 1 is 1.50 bits per heavy atom. The second-order valence-electron chi connectivity index (χ2n) is 3.69. The van der Waals surface area contributed by atoms with Crippen LogP contribution in [0.1, 0.15) is 18.5 Å². The first-order chi connectivity index (χ1) is 7.53. The fourth-order valence-corrected chi connectivity index (χ4v) is 1.30. The van der Waals surface area contributed by atoms with E-state index in [9.17, 15) is 13.6 Å². The molecule has 1 atom stereocenters. The average molecular weight is 225 g/mol. The van der Waals surface area contributed by atoms with Crippen LogP contribution in [0.5, 0.6) is 0 Å². The van der Waals surface area contributed by atoms with Crippen LogP contribution in [0, 0.1) is 12.8 Å². The summed E-state index contributed by atoms with van der Waals surface area (Å²) in [4.78, 5) is 14.0. The summed E-state index contributed by atoms with van der Waals surface area (Å²) in [6.45, 7) is 5.26. The van der Waals surface area contributed by atoms with Gasteiger partial charge in [0, 0.05) is 24.2 Å². The molecule has 1 heterocycles. The minimum Gasteiger partial charge on any atom is -0.303 e. The van der Waals surface area contributed by atoms with E-state index >= 15 is 0 Å². The number of halogens is 2. The first-order valence-electron chi connectivity index (χ1n) is 5.02. The van der Waals surface area contributed by atoms with Crippen LogP contribution in [0.15, 0.2) is 24.4 Å². The van der Waals surface area contributed by atoms with Gasteiger partial charge in [-0.3, -0.25) is 4.98 Å². The maximum Gasteiger partial charge on any atom is 0.253 e. The van der Waals surface area contributed by atoms with Crippen molar-refractivity contribution in [1.29, 1.82) is 0 Å². The normalized spacial score (nSPS) is 13.4. The predicted molar refractivity (Wildman–Crippen MR) is 56.0 cm³/mol. The molecule has 2 radical (unpaired) electrons. The second-order valence-corrected chi connectivity index (χ2v) is 3.69. The van der Waals surface area contributed by atoms with Gasteiger partial charge in [-0.25, -0.2) is 8.78 Å². The van der Waals surface area contributed by atoms with Crippen molar-refractivity contribution in [2.24, 2.45) is 5.92 Å². The van der Waals surface area contributed by atoms with Crippen LogP contribution in [0.4, 0.5) is 8.78 Å². The lowest BCUT2D eigenvalue weighted by Gasteiger charge is -2.16. The number of pyridine rings is 1.